The molecule has 4 rings (SSSR count). The minimum Gasteiger partial charge on any atom is -0.480 e. The van der Waals surface area contributed by atoms with Gasteiger partial charge in [0.15, 0.2) is 6.61 Å². The number of hydrogen-bond donors (Lipinski definition) is 1. The molecular formula is C23H21BrClNO3. The summed E-state index contributed by atoms with van der Waals surface area (Å²) in [5.74, 6) is 0.0203. The average molecular weight is 475 g/mol. The van der Waals surface area contributed by atoms with Crippen LogP contribution in [0.1, 0.15) is 37.6 Å². The van der Waals surface area contributed by atoms with Crippen molar-refractivity contribution < 1.29 is 14.3 Å². The Morgan fingerprint density at radius 2 is 2.00 bits per heavy atom. The first-order chi connectivity index (χ1) is 13.7. The molecule has 29 heavy (non-hydrogen) atoms. The minimum atomic E-state index is -0.551. The van der Waals surface area contributed by atoms with Crippen molar-refractivity contribution in [1.29, 1.82) is 0 Å². The molecule has 2 aromatic carbocycles. The van der Waals surface area contributed by atoms with Crippen molar-refractivity contribution in [2.75, 3.05) is 6.61 Å². The number of halogens is 2. The third kappa shape index (κ3) is 4.51. The van der Waals surface area contributed by atoms with Gasteiger partial charge in [-0.05, 0) is 67.8 Å². The van der Waals surface area contributed by atoms with Crippen molar-refractivity contribution in [3.8, 4) is 5.75 Å². The van der Waals surface area contributed by atoms with Crippen LogP contribution in [0.15, 0.2) is 40.9 Å². The number of rotatable bonds is 4. The van der Waals surface area contributed by atoms with E-state index in [4.69, 9.17) is 21.1 Å². The first-order valence-corrected chi connectivity index (χ1v) is 10.5. The van der Waals surface area contributed by atoms with Gasteiger partial charge < -0.3 is 14.5 Å². The molecule has 0 fully saturated rings. The summed E-state index contributed by atoms with van der Waals surface area (Å²) in [5.41, 5.74) is 5.16. The van der Waals surface area contributed by atoms with Gasteiger partial charge in [-0.25, -0.2) is 4.79 Å². The first kappa shape index (κ1) is 20.0. The lowest BCUT2D eigenvalue weighted by molar-refractivity contribution is -0.157. The summed E-state index contributed by atoms with van der Waals surface area (Å²) in [4.78, 5) is 15.4. The quantitative estimate of drug-likeness (QED) is 0.445. The van der Waals surface area contributed by atoms with Crippen LogP contribution in [0, 0.1) is 0 Å². The van der Waals surface area contributed by atoms with E-state index in [1.807, 2.05) is 32.9 Å². The highest BCUT2D eigenvalue weighted by Gasteiger charge is 2.19. The molecule has 1 aliphatic rings. The lowest BCUT2D eigenvalue weighted by atomic mass is 10.1. The third-order valence-electron chi connectivity index (χ3n) is 4.60. The molecule has 0 radical (unpaired) electrons. The number of esters is 1. The minimum absolute atomic E-state index is 0.189. The molecule has 0 saturated heterocycles. The summed E-state index contributed by atoms with van der Waals surface area (Å²) in [6.45, 7) is 5.27. The second-order valence-corrected chi connectivity index (χ2v) is 9.44. The van der Waals surface area contributed by atoms with Gasteiger partial charge in [-0.3, -0.25) is 0 Å². The Morgan fingerprint density at radius 3 is 2.76 bits per heavy atom. The maximum atomic E-state index is 11.9. The van der Waals surface area contributed by atoms with Gasteiger partial charge in [0.2, 0.25) is 0 Å². The molecule has 0 amide bonds. The molecule has 0 spiro atoms. The highest BCUT2D eigenvalue weighted by molar-refractivity contribution is 9.10. The fraction of sp³-hybridized carbons (Fsp3) is 0.261. The Hall–Kier alpha value is -2.24. The van der Waals surface area contributed by atoms with Gasteiger partial charge in [-0.1, -0.05) is 33.6 Å². The number of benzene rings is 2. The van der Waals surface area contributed by atoms with Crippen LogP contribution in [0.5, 0.6) is 5.75 Å². The van der Waals surface area contributed by atoms with Gasteiger partial charge >= 0.3 is 5.97 Å². The Bertz CT molecular complexity index is 1140. The van der Waals surface area contributed by atoms with Gasteiger partial charge in [0.1, 0.15) is 11.4 Å². The highest BCUT2D eigenvalue weighted by Crippen LogP contribution is 2.36. The summed E-state index contributed by atoms with van der Waals surface area (Å²) in [5, 5.41) is 1.45. The topological polar surface area (TPSA) is 51.3 Å². The van der Waals surface area contributed by atoms with Crippen molar-refractivity contribution >= 4 is 56.1 Å². The van der Waals surface area contributed by atoms with E-state index in [2.05, 4.69) is 51.3 Å². The van der Waals surface area contributed by atoms with Crippen molar-refractivity contribution in [2.45, 2.75) is 32.8 Å². The van der Waals surface area contributed by atoms with Gasteiger partial charge in [0.05, 0.1) is 5.02 Å². The Labute approximate surface area is 183 Å². The van der Waals surface area contributed by atoms with E-state index in [1.54, 1.807) is 0 Å². The second-order valence-electron chi connectivity index (χ2n) is 8.12. The average Bonchev–Trinajstić information content (AvgIpc) is 3.21. The van der Waals surface area contributed by atoms with E-state index >= 15 is 0 Å². The van der Waals surface area contributed by atoms with E-state index < -0.39 is 11.6 Å². The number of aromatic nitrogens is 1. The molecule has 1 N–H and O–H groups in total. The molecule has 3 aromatic rings. The van der Waals surface area contributed by atoms with Crippen LogP contribution < -0.4 is 4.74 Å². The van der Waals surface area contributed by atoms with Crippen molar-refractivity contribution in [1.82, 2.24) is 4.98 Å². The number of aromatic amines is 1. The number of carbonyl (C=O) groups is 1. The van der Waals surface area contributed by atoms with Crippen molar-refractivity contribution in [3.05, 3.63) is 62.7 Å². The standard InChI is InChI=1S/C23H21BrClNO3/c1-23(2,3)29-22(27)12-28-21-11-20-16(9-18(21)25)10-19(26-20)15-6-13-4-5-17(24)8-14(13)7-15/h4-6,8-11,26H,7,12H2,1-3H3. The first-order valence-electron chi connectivity index (χ1n) is 9.34. The van der Waals surface area contributed by atoms with E-state index in [0.29, 0.717) is 10.8 Å². The molecular weight excluding hydrogens is 454 g/mol. The Kier molecular flexibility index (Phi) is 5.21. The van der Waals surface area contributed by atoms with Crippen LogP contribution in [-0.4, -0.2) is 23.2 Å². The van der Waals surface area contributed by atoms with Crippen molar-refractivity contribution in [3.63, 3.8) is 0 Å². The summed E-state index contributed by atoms with van der Waals surface area (Å²) in [6.07, 6.45) is 3.07. The van der Waals surface area contributed by atoms with Crippen LogP contribution in [-0.2, 0) is 16.0 Å². The van der Waals surface area contributed by atoms with E-state index in [9.17, 15) is 4.79 Å². The normalized spacial score (nSPS) is 13.3. The monoisotopic (exact) mass is 473 g/mol. The number of hydrogen-bond acceptors (Lipinski definition) is 3. The summed E-state index contributed by atoms with van der Waals surface area (Å²) >= 11 is 9.90. The number of fused-ring (bicyclic) bond motifs is 2. The zero-order valence-corrected chi connectivity index (χ0v) is 18.8. The lowest BCUT2D eigenvalue weighted by Gasteiger charge is -2.19. The lowest BCUT2D eigenvalue weighted by Crippen LogP contribution is -2.27. The molecule has 1 heterocycles. The molecule has 1 aliphatic carbocycles. The van der Waals surface area contributed by atoms with E-state index in [0.717, 1.165) is 27.5 Å². The van der Waals surface area contributed by atoms with Crippen LogP contribution in [0.3, 0.4) is 0 Å². The molecule has 4 nitrogen and oxygen atoms in total. The number of allylic oxidation sites excluding steroid dienone is 1. The summed E-state index contributed by atoms with van der Waals surface area (Å²) in [6, 6.07) is 12.1. The second kappa shape index (κ2) is 7.54. The van der Waals surface area contributed by atoms with Crippen LogP contribution in [0.4, 0.5) is 0 Å². The number of nitrogens with one attached hydrogen (secondary N) is 1. The smallest absolute Gasteiger partial charge is 0.344 e. The fourth-order valence-corrected chi connectivity index (χ4v) is 4.04. The van der Waals surface area contributed by atoms with Gasteiger partial charge in [0, 0.05) is 33.6 Å². The number of ether oxygens (including phenoxy) is 2. The SMILES string of the molecule is CC(C)(C)OC(=O)COc1cc2[nH]c(C3=Cc4ccc(Br)cc4C3)cc2cc1Cl. The van der Waals surface area contributed by atoms with Gasteiger partial charge in [-0.15, -0.1) is 0 Å². The third-order valence-corrected chi connectivity index (χ3v) is 5.39. The molecule has 0 unspecified atom stereocenters. The zero-order chi connectivity index (χ0) is 20.8. The van der Waals surface area contributed by atoms with Crippen molar-refractivity contribution in [2.24, 2.45) is 0 Å². The molecule has 1 aromatic heterocycles. The molecule has 0 aliphatic heterocycles. The largest absolute Gasteiger partial charge is 0.480 e. The number of H-pyrrole nitrogens is 1. The van der Waals surface area contributed by atoms with Crippen LogP contribution >= 0.6 is 27.5 Å². The maximum absolute atomic E-state index is 11.9. The van der Waals surface area contributed by atoms with Crippen LogP contribution in [0.2, 0.25) is 5.02 Å². The molecule has 0 saturated carbocycles. The van der Waals surface area contributed by atoms with E-state index in [1.165, 1.54) is 16.7 Å². The predicted octanol–water partition coefficient (Wildman–Crippen LogP) is 6.40. The summed E-state index contributed by atoms with van der Waals surface area (Å²) < 4.78 is 12.0. The molecule has 150 valence electrons. The predicted molar refractivity (Wildman–Crippen MR) is 120 cm³/mol. The van der Waals surface area contributed by atoms with E-state index in [-0.39, 0.29) is 6.61 Å². The summed E-state index contributed by atoms with van der Waals surface area (Å²) in [7, 11) is 0. The number of carbonyl (C=O) groups excluding carboxylic acids is 1. The zero-order valence-electron chi connectivity index (χ0n) is 16.4. The highest BCUT2D eigenvalue weighted by atomic mass is 79.9. The Balaban J connectivity index is 1.54. The molecule has 6 heteroatoms. The fourth-order valence-electron chi connectivity index (χ4n) is 3.41. The molecule has 0 atom stereocenters. The Morgan fingerprint density at radius 1 is 1.21 bits per heavy atom. The molecule has 0 bridgehead atoms. The van der Waals surface area contributed by atoms with Crippen LogP contribution in [0.25, 0.3) is 22.6 Å². The maximum Gasteiger partial charge on any atom is 0.344 e. The van der Waals surface area contributed by atoms with Gasteiger partial charge in [0.25, 0.3) is 0 Å². The van der Waals surface area contributed by atoms with Gasteiger partial charge in [-0.2, -0.15) is 0 Å².